The number of halogens is 2. The maximum atomic E-state index is 6.46. The molecule has 0 saturated carbocycles. The number of fused-ring (bicyclic) bond motifs is 1. The Hall–Kier alpha value is -1.91. The molecule has 3 nitrogen and oxygen atoms in total. The van der Waals surface area contributed by atoms with Crippen molar-refractivity contribution in [2.24, 2.45) is 16.1 Å². The number of hydrogen-bond acceptors (Lipinski definition) is 3. The maximum absolute atomic E-state index is 6.46. The third kappa shape index (κ3) is 2.31. The molecule has 2 atom stereocenters. The van der Waals surface area contributed by atoms with Gasteiger partial charge in [0.25, 0.3) is 0 Å². The predicted octanol–water partition coefficient (Wildman–Crippen LogP) is 4.92. The van der Waals surface area contributed by atoms with Crippen LogP contribution in [-0.2, 0) is 5.54 Å². The topological polar surface area (TPSA) is 51.3 Å². The number of aromatic nitrogens is 1. The second-order valence-corrected chi connectivity index (χ2v) is 8.06. The van der Waals surface area contributed by atoms with E-state index in [4.69, 9.17) is 22.3 Å². The second-order valence-electron chi connectivity index (χ2n) is 6.66. The van der Waals surface area contributed by atoms with Gasteiger partial charge in [-0.2, -0.15) is 0 Å². The summed E-state index contributed by atoms with van der Waals surface area (Å²) in [5.41, 5.74) is 8.54. The Morgan fingerprint density at radius 1 is 1.12 bits per heavy atom. The molecule has 2 unspecified atom stereocenters. The van der Waals surface area contributed by atoms with E-state index in [1.165, 1.54) is 0 Å². The summed E-state index contributed by atoms with van der Waals surface area (Å²) in [6.45, 7) is 2.19. The van der Waals surface area contributed by atoms with Gasteiger partial charge in [-0.1, -0.05) is 52.7 Å². The lowest BCUT2D eigenvalue weighted by Crippen LogP contribution is -2.42. The molecule has 0 radical (unpaired) electrons. The average Bonchev–Trinajstić information content (AvgIpc) is 2.83. The van der Waals surface area contributed by atoms with E-state index in [0.29, 0.717) is 12.3 Å². The normalized spacial score (nSPS) is 28.0. The predicted molar refractivity (Wildman–Crippen MR) is 106 cm³/mol. The van der Waals surface area contributed by atoms with Crippen LogP contribution in [0.15, 0.2) is 81.0 Å². The Bertz CT molecular complexity index is 935. The lowest BCUT2D eigenvalue weighted by atomic mass is 9.60. The summed E-state index contributed by atoms with van der Waals surface area (Å²) >= 11 is 10.1. The van der Waals surface area contributed by atoms with Gasteiger partial charge >= 0.3 is 0 Å². The van der Waals surface area contributed by atoms with Gasteiger partial charge in [-0.3, -0.25) is 9.98 Å². The van der Waals surface area contributed by atoms with Crippen molar-refractivity contribution in [1.82, 2.24) is 4.98 Å². The SMILES string of the molecule is CC12CC(Cl)=CC=C1C(N)=NC2(c1ccncc1)c1cccc(Br)c1. The van der Waals surface area contributed by atoms with Crippen LogP contribution in [0.5, 0.6) is 0 Å². The number of aliphatic imine (C=N–C) groups is 1. The Labute approximate surface area is 160 Å². The van der Waals surface area contributed by atoms with E-state index in [1.54, 1.807) is 12.4 Å². The van der Waals surface area contributed by atoms with Crippen molar-refractivity contribution < 1.29 is 0 Å². The van der Waals surface area contributed by atoms with Crippen LogP contribution < -0.4 is 5.73 Å². The van der Waals surface area contributed by atoms with Crippen molar-refractivity contribution in [3.05, 3.63) is 87.1 Å². The molecule has 1 aliphatic heterocycles. The Balaban J connectivity index is 2.07. The van der Waals surface area contributed by atoms with Gasteiger partial charge in [-0.15, -0.1) is 0 Å². The third-order valence-electron chi connectivity index (χ3n) is 5.25. The molecule has 1 aliphatic carbocycles. The van der Waals surface area contributed by atoms with Crippen LogP contribution in [0, 0.1) is 5.41 Å². The number of hydrogen-bond donors (Lipinski definition) is 1. The zero-order valence-corrected chi connectivity index (χ0v) is 16.1. The van der Waals surface area contributed by atoms with Crippen molar-refractivity contribution in [3.63, 3.8) is 0 Å². The summed E-state index contributed by atoms with van der Waals surface area (Å²) in [4.78, 5) is 9.22. The molecule has 0 spiro atoms. The highest BCUT2D eigenvalue weighted by Gasteiger charge is 2.58. The third-order valence-corrected chi connectivity index (χ3v) is 6.00. The number of rotatable bonds is 2. The molecule has 0 fully saturated rings. The van der Waals surface area contributed by atoms with E-state index < -0.39 is 5.54 Å². The second kappa shape index (κ2) is 5.82. The summed E-state index contributed by atoms with van der Waals surface area (Å²) in [5, 5.41) is 0.810. The van der Waals surface area contributed by atoms with Crippen LogP contribution >= 0.6 is 27.5 Å². The first-order valence-corrected chi connectivity index (χ1v) is 9.23. The molecule has 1 aromatic carbocycles. The molecule has 126 valence electrons. The van der Waals surface area contributed by atoms with E-state index in [0.717, 1.165) is 26.2 Å². The van der Waals surface area contributed by atoms with Crippen LogP contribution in [0.4, 0.5) is 0 Å². The highest BCUT2D eigenvalue weighted by molar-refractivity contribution is 9.10. The Morgan fingerprint density at radius 3 is 2.60 bits per heavy atom. The summed E-state index contributed by atoms with van der Waals surface area (Å²) in [6.07, 6.45) is 8.20. The first-order chi connectivity index (χ1) is 12.0. The number of pyridine rings is 1. The fourth-order valence-electron chi connectivity index (χ4n) is 4.14. The van der Waals surface area contributed by atoms with E-state index in [-0.39, 0.29) is 5.41 Å². The van der Waals surface area contributed by atoms with Gasteiger partial charge in [0.05, 0.1) is 0 Å². The fourth-order valence-corrected chi connectivity index (χ4v) is 4.87. The van der Waals surface area contributed by atoms with E-state index >= 15 is 0 Å². The Kier molecular flexibility index (Phi) is 3.85. The maximum Gasteiger partial charge on any atom is 0.123 e. The molecule has 0 saturated heterocycles. The minimum atomic E-state index is -0.649. The molecule has 0 amide bonds. The largest absolute Gasteiger partial charge is 0.384 e. The zero-order chi connectivity index (χ0) is 17.7. The van der Waals surface area contributed by atoms with Crippen LogP contribution in [0.2, 0.25) is 0 Å². The van der Waals surface area contributed by atoms with Crippen LogP contribution in [0.1, 0.15) is 24.5 Å². The molecule has 1 aromatic heterocycles. The molecule has 25 heavy (non-hydrogen) atoms. The molecule has 2 aromatic rings. The minimum Gasteiger partial charge on any atom is -0.384 e. The highest BCUT2D eigenvalue weighted by Crippen LogP contribution is 2.60. The van der Waals surface area contributed by atoms with Gasteiger partial charge in [0.1, 0.15) is 11.4 Å². The van der Waals surface area contributed by atoms with Crippen LogP contribution in [0.3, 0.4) is 0 Å². The zero-order valence-electron chi connectivity index (χ0n) is 13.7. The van der Waals surface area contributed by atoms with Gasteiger partial charge < -0.3 is 5.73 Å². The van der Waals surface area contributed by atoms with Gasteiger partial charge in [0.15, 0.2) is 0 Å². The summed E-state index contributed by atoms with van der Waals surface area (Å²) < 4.78 is 1.01. The number of benzene rings is 1. The minimum absolute atomic E-state index is 0.370. The first-order valence-electron chi connectivity index (χ1n) is 8.06. The van der Waals surface area contributed by atoms with E-state index in [9.17, 15) is 0 Å². The van der Waals surface area contributed by atoms with Gasteiger partial charge in [0.2, 0.25) is 0 Å². The van der Waals surface area contributed by atoms with Crippen molar-refractivity contribution in [3.8, 4) is 0 Å². The molecule has 0 bridgehead atoms. The van der Waals surface area contributed by atoms with Crippen molar-refractivity contribution in [1.29, 1.82) is 0 Å². The van der Waals surface area contributed by atoms with E-state index in [1.807, 2.05) is 36.4 Å². The highest BCUT2D eigenvalue weighted by atomic mass is 79.9. The van der Waals surface area contributed by atoms with E-state index in [2.05, 4.69) is 40.0 Å². The van der Waals surface area contributed by atoms with Gasteiger partial charge in [-0.05, 0) is 47.9 Å². The standard InChI is InChI=1S/C20H17BrClN3/c1-19-12-16(22)5-6-17(19)18(23)25-20(19,13-7-9-24-10-8-13)14-3-2-4-15(21)11-14/h2-11H,12H2,1H3,(H2,23,25). The lowest BCUT2D eigenvalue weighted by molar-refractivity contribution is 0.257. The number of allylic oxidation sites excluding steroid dienone is 3. The molecule has 5 heteroatoms. The van der Waals surface area contributed by atoms with Crippen LogP contribution in [0.25, 0.3) is 0 Å². The summed E-state index contributed by atoms with van der Waals surface area (Å²) in [5.74, 6) is 0.569. The average molecular weight is 415 g/mol. The fraction of sp³-hybridized carbons (Fsp3) is 0.200. The monoisotopic (exact) mass is 413 g/mol. The summed E-state index contributed by atoms with van der Waals surface area (Å²) in [6, 6.07) is 12.3. The number of amidine groups is 1. The van der Waals surface area contributed by atoms with Gasteiger partial charge in [0, 0.05) is 32.9 Å². The molecule has 4 rings (SSSR count). The van der Waals surface area contributed by atoms with Crippen molar-refractivity contribution >= 4 is 33.4 Å². The summed E-state index contributed by atoms with van der Waals surface area (Å²) in [7, 11) is 0. The van der Waals surface area contributed by atoms with Gasteiger partial charge in [-0.25, -0.2) is 0 Å². The number of nitrogens with zero attached hydrogens (tertiary/aromatic N) is 2. The Morgan fingerprint density at radius 2 is 1.88 bits per heavy atom. The quantitative estimate of drug-likeness (QED) is 0.758. The molecular weight excluding hydrogens is 398 g/mol. The molecular formula is C20H17BrClN3. The first kappa shape index (κ1) is 16.6. The smallest absolute Gasteiger partial charge is 0.123 e. The molecule has 2 aliphatic rings. The van der Waals surface area contributed by atoms with Crippen molar-refractivity contribution in [2.45, 2.75) is 18.9 Å². The number of nitrogens with two attached hydrogens (primary N) is 1. The van der Waals surface area contributed by atoms with Crippen LogP contribution in [-0.4, -0.2) is 10.8 Å². The van der Waals surface area contributed by atoms with Crippen molar-refractivity contribution in [2.75, 3.05) is 0 Å². The molecule has 2 heterocycles. The lowest BCUT2D eigenvalue weighted by Gasteiger charge is -2.44. The molecule has 2 N–H and O–H groups in total.